The number of aromatic nitrogens is 2. The fourth-order valence-corrected chi connectivity index (χ4v) is 3.13. The highest BCUT2D eigenvalue weighted by Crippen LogP contribution is 2.34. The first-order chi connectivity index (χ1) is 12.8. The van der Waals surface area contributed by atoms with Crippen LogP contribution in [0.5, 0.6) is 5.75 Å². The predicted octanol–water partition coefficient (Wildman–Crippen LogP) is 2.58. The molecule has 3 heterocycles. The van der Waals surface area contributed by atoms with Gasteiger partial charge in [-0.05, 0) is 12.1 Å². The third kappa shape index (κ3) is 3.52. The summed E-state index contributed by atoms with van der Waals surface area (Å²) in [7, 11) is 0. The largest absolute Gasteiger partial charge is 0.483 e. The minimum atomic E-state index is -2.07. The third-order valence-electron chi connectivity index (χ3n) is 4.21. The van der Waals surface area contributed by atoms with Crippen LogP contribution in [0.1, 0.15) is 5.82 Å². The number of halogens is 3. The number of nitrogens with one attached hydrogen (secondary N) is 1. The lowest BCUT2D eigenvalue weighted by Gasteiger charge is -2.22. The van der Waals surface area contributed by atoms with E-state index >= 15 is 0 Å². The number of ether oxygens (including phenoxy) is 2. The molecule has 27 heavy (non-hydrogen) atoms. The Balaban J connectivity index is 1.47. The Morgan fingerprint density at radius 1 is 1.37 bits per heavy atom. The van der Waals surface area contributed by atoms with Crippen LogP contribution in [0, 0.1) is 0 Å². The Morgan fingerprint density at radius 2 is 2.19 bits per heavy atom. The summed E-state index contributed by atoms with van der Waals surface area (Å²) in [6.45, 7) is 0.627. The van der Waals surface area contributed by atoms with Gasteiger partial charge < -0.3 is 14.8 Å². The molecule has 2 aromatic rings. The van der Waals surface area contributed by atoms with Crippen LogP contribution in [0.2, 0.25) is 0 Å². The topological polar surface area (TPSA) is 85.7 Å². The van der Waals surface area contributed by atoms with Gasteiger partial charge in [-0.1, -0.05) is 34.8 Å². The van der Waals surface area contributed by atoms with Gasteiger partial charge in [0.15, 0.2) is 5.82 Å². The van der Waals surface area contributed by atoms with E-state index in [1.165, 1.54) is 4.90 Å². The number of anilines is 1. The number of hydrogen-bond donors (Lipinski definition) is 1. The van der Waals surface area contributed by atoms with Crippen molar-refractivity contribution in [2.75, 3.05) is 18.0 Å². The molecule has 8 nitrogen and oxygen atoms in total. The summed E-state index contributed by atoms with van der Waals surface area (Å²) < 4.78 is 10.9. The number of amides is 2. The third-order valence-corrected chi connectivity index (χ3v) is 4.73. The summed E-state index contributed by atoms with van der Waals surface area (Å²) in [6.07, 6.45) is 2.47. The zero-order valence-corrected chi connectivity index (χ0v) is 16.0. The Kier molecular flexibility index (Phi) is 4.57. The second kappa shape index (κ2) is 6.78. The monoisotopic (exact) mass is 430 g/mol. The van der Waals surface area contributed by atoms with Crippen LogP contribution in [0.3, 0.4) is 0 Å². The number of imidazole rings is 1. The number of benzene rings is 1. The molecule has 1 N–H and O–H groups in total. The van der Waals surface area contributed by atoms with E-state index in [0.717, 1.165) is 11.5 Å². The quantitative estimate of drug-likeness (QED) is 0.755. The number of carbonyl (C=O) groups is 2. The van der Waals surface area contributed by atoms with E-state index in [2.05, 4.69) is 10.3 Å². The van der Waals surface area contributed by atoms with Gasteiger partial charge in [0.25, 0.3) is 9.70 Å². The van der Waals surface area contributed by atoms with Crippen LogP contribution in [-0.2, 0) is 16.1 Å². The van der Waals surface area contributed by atoms with E-state index in [1.54, 1.807) is 18.3 Å². The molecule has 1 aromatic heterocycles. The van der Waals surface area contributed by atoms with E-state index in [-0.39, 0.29) is 13.1 Å². The summed E-state index contributed by atoms with van der Waals surface area (Å²) in [4.78, 5) is 29.5. The standard InChI is InChI=1S/C16H13Cl3N4O4/c17-16(18,19)14(24)21-6-10-7-23(15(25)27-10)9-1-2-11-12(5-9)26-8-13-20-3-4-22(11)13/h1-5,10H,6-8H2,(H,21,24)/t10-/m0/s1. The lowest BCUT2D eigenvalue weighted by Crippen LogP contribution is -2.40. The van der Waals surface area contributed by atoms with E-state index < -0.39 is 21.9 Å². The Bertz CT molecular complexity index is 911. The van der Waals surface area contributed by atoms with Gasteiger partial charge in [-0.2, -0.15) is 0 Å². The van der Waals surface area contributed by atoms with E-state index in [1.807, 2.05) is 16.8 Å². The molecule has 0 aliphatic carbocycles. The molecule has 11 heteroatoms. The minimum absolute atomic E-state index is 0.0365. The summed E-state index contributed by atoms with van der Waals surface area (Å²) in [5.74, 6) is 0.666. The first-order valence-electron chi connectivity index (χ1n) is 7.95. The fraction of sp³-hybridized carbons (Fsp3) is 0.312. The van der Waals surface area contributed by atoms with Gasteiger partial charge in [-0.15, -0.1) is 0 Å². The number of nitrogens with zero attached hydrogens (tertiary/aromatic N) is 3. The van der Waals surface area contributed by atoms with Crippen molar-refractivity contribution >= 4 is 52.5 Å². The molecule has 0 saturated carbocycles. The molecule has 0 bridgehead atoms. The van der Waals surface area contributed by atoms with Gasteiger partial charge in [-0.25, -0.2) is 9.78 Å². The number of hydrogen-bond acceptors (Lipinski definition) is 5. The maximum Gasteiger partial charge on any atom is 0.414 e. The summed E-state index contributed by atoms with van der Waals surface area (Å²) in [5.41, 5.74) is 1.47. The maximum atomic E-state index is 12.2. The van der Waals surface area contributed by atoms with Crippen molar-refractivity contribution in [1.29, 1.82) is 0 Å². The first kappa shape index (κ1) is 18.2. The highest BCUT2D eigenvalue weighted by atomic mass is 35.6. The molecule has 2 amide bonds. The summed E-state index contributed by atoms with van der Waals surface area (Å²) in [6, 6.07) is 5.41. The Morgan fingerprint density at radius 3 is 2.96 bits per heavy atom. The molecular formula is C16H13Cl3N4O4. The zero-order valence-electron chi connectivity index (χ0n) is 13.7. The van der Waals surface area contributed by atoms with Crippen molar-refractivity contribution in [3.8, 4) is 11.4 Å². The number of carbonyl (C=O) groups excluding carboxylic acids is 2. The first-order valence-corrected chi connectivity index (χ1v) is 9.09. The van der Waals surface area contributed by atoms with Crippen LogP contribution in [0.15, 0.2) is 30.6 Å². The molecule has 1 saturated heterocycles. The van der Waals surface area contributed by atoms with Crippen molar-refractivity contribution in [2.24, 2.45) is 0 Å². The molecule has 1 atom stereocenters. The Labute approximate surface area is 168 Å². The number of rotatable bonds is 3. The van der Waals surface area contributed by atoms with Crippen LogP contribution < -0.4 is 15.0 Å². The van der Waals surface area contributed by atoms with Crippen LogP contribution >= 0.6 is 34.8 Å². The fourth-order valence-electron chi connectivity index (χ4n) is 2.93. The van der Waals surface area contributed by atoms with Crippen LogP contribution in [0.4, 0.5) is 10.5 Å². The second-order valence-corrected chi connectivity index (χ2v) is 8.26. The van der Waals surface area contributed by atoms with Gasteiger partial charge >= 0.3 is 6.09 Å². The molecule has 1 fully saturated rings. The molecular weight excluding hydrogens is 419 g/mol. The van der Waals surface area contributed by atoms with Crippen molar-refractivity contribution in [3.63, 3.8) is 0 Å². The SMILES string of the molecule is O=C1O[C@@H](CNC(=O)C(Cl)(Cl)Cl)CN1c1ccc2c(c1)OCc1nccn1-2. The molecule has 4 rings (SSSR count). The van der Waals surface area contributed by atoms with E-state index in [9.17, 15) is 9.59 Å². The van der Waals surface area contributed by atoms with E-state index in [4.69, 9.17) is 44.3 Å². The van der Waals surface area contributed by atoms with Crippen molar-refractivity contribution in [3.05, 3.63) is 36.4 Å². The minimum Gasteiger partial charge on any atom is -0.483 e. The molecule has 0 spiro atoms. The van der Waals surface area contributed by atoms with Gasteiger partial charge in [-0.3, -0.25) is 14.3 Å². The average Bonchev–Trinajstić information content (AvgIpc) is 3.24. The summed E-state index contributed by atoms with van der Waals surface area (Å²) >= 11 is 16.5. The van der Waals surface area contributed by atoms with Crippen LogP contribution in [-0.4, -0.2) is 44.5 Å². The average molecular weight is 432 g/mol. The maximum absolute atomic E-state index is 12.2. The van der Waals surface area contributed by atoms with Crippen molar-refractivity contribution in [1.82, 2.24) is 14.9 Å². The molecule has 0 unspecified atom stereocenters. The van der Waals surface area contributed by atoms with Crippen LogP contribution in [0.25, 0.3) is 5.69 Å². The molecule has 2 aliphatic rings. The zero-order chi connectivity index (χ0) is 19.2. The van der Waals surface area contributed by atoms with Gasteiger partial charge in [0, 0.05) is 18.5 Å². The lowest BCUT2D eigenvalue weighted by molar-refractivity contribution is -0.120. The molecule has 142 valence electrons. The highest BCUT2D eigenvalue weighted by Gasteiger charge is 2.36. The molecule has 2 aliphatic heterocycles. The van der Waals surface area contributed by atoms with Gasteiger partial charge in [0.2, 0.25) is 0 Å². The van der Waals surface area contributed by atoms with E-state index in [0.29, 0.717) is 18.0 Å². The lowest BCUT2D eigenvalue weighted by atomic mass is 10.2. The van der Waals surface area contributed by atoms with Gasteiger partial charge in [0.1, 0.15) is 18.5 Å². The number of cyclic esters (lactones) is 1. The summed E-state index contributed by atoms with van der Waals surface area (Å²) in [5, 5.41) is 2.44. The predicted molar refractivity (Wildman–Crippen MR) is 98.8 cm³/mol. The number of alkyl halides is 3. The molecule has 0 radical (unpaired) electrons. The highest BCUT2D eigenvalue weighted by molar-refractivity contribution is 6.76. The van der Waals surface area contributed by atoms with Gasteiger partial charge in [0.05, 0.1) is 24.5 Å². The normalized spacial score (nSPS) is 18.4. The molecule has 1 aromatic carbocycles. The van der Waals surface area contributed by atoms with Crippen molar-refractivity contribution < 1.29 is 19.1 Å². The number of fused-ring (bicyclic) bond motifs is 3. The van der Waals surface area contributed by atoms with Crippen molar-refractivity contribution in [2.45, 2.75) is 16.5 Å². The second-order valence-electron chi connectivity index (χ2n) is 5.98. The smallest absolute Gasteiger partial charge is 0.414 e. The Hall–Kier alpha value is -2.16.